The van der Waals surface area contributed by atoms with Crippen molar-refractivity contribution in [2.24, 2.45) is 0 Å². The van der Waals surface area contributed by atoms with Gasteiger partial charge in [-0.05, 0) is 56.0 Å². The summed E-state index contributed by atoms with van der Waals surface area (Å²) >= 11 is 0. The number of benzene rings is 2. The lowest BCUT2D eigenvalue weighted by atomic mass is 9.94. The van der Waals surface area contributed by atoms with Gasteiger partial charge in [0, 0.05) is 18.7 Å². The summed E-state index contributed by atoms with van der Waals surface area (Å²) in [4.78, 5) is 27.4. The molecule has 2 unspecified atom stereocenters. The first-order valence-electron chi connectivity index (χ1n) is 10.1. The van der Waals surface area contributed by atoms with E-state index in [1.165, 1.54) is 23.1 Å². The van der Waals surface area contributed by atoms with Crippen LogP contribution in [0.25, 0.3) is 5.76 Å². The van der Waals surface area contributed by atoms with Crippen molar-refractivity contribution in [2.75, 3.05) is 13.2 Å². The minimum atomic E-state index is -0.737. The van der Waals surface area contributed by atoms with Crippen LogP contribution in [0.4, 0.5) is 4.39 Å². The monoisotopic (exact) mass is 409 g/mol. The van der Waals surface area contributed by atoms with Gasteiger partial charge in [0.25, 0.3) is 11.7 Å². The molecule has 0 spiro atoms. The number of hydrogen-bond acceptors (Lipinski definition) is 4. The summed E-state index contributed by atoms with van der Waals surface area (Å²) in [5.41, 5.74) is 2.40. The van der Waals surface area contributed by atoms with Crippen molar-refractivity contribution >= 4 is 17.4 Å². The summed E-state index contributed by atoms with van der Waals surface area (Å²) in [5.74, 6) is -2.09. The van der Waals surface area contributed by atoms with Gasteiger partial charge in [0.2, 0.25) is 0 Å². The minimum absolute atomic E-state index is 0.0228. The van der Waals surface area contributed by atoms with Crippen molar-refractivity contribution in [1.29, 1.82) is 0 Å². The summed E-state index contributed by atoms with van der Waals surface area (Å²) in [7, 11) is 0. The largest absolute Gasteiger partial charge is 0.507 e. The topological polar surface area (TPSA) is 66.8 Å². The van der Waals surface area contributed by atoms with Crippen LogP contribution < -0.4 is 0 Å². The molecule has 6 heteroatoms. The Morgan fingerprint density at radius 3 is 2.67 bits per heavy atom. The van der Waals surface area contributed by atoms with E-state index in [1.807, 2.05) is 31.2 Å². The van der Waals surface area contributed by atoms with E-state index < -0.39 is 23.5 Å². The number of amides is 1. The van der Waals surface area contributed by atoms with E-state index in [2.05, 4.69) is 0 Å². The standard InChI is InChI=1S/C24H24FNO4/c1-14-5-3-6-16(11-14)21-20(22(27)17-8-9-19(25)15(2)12-17)23(28)24(29)26(21)13-18-7-4-10-30-18/h3,5-6,8-9,11-12,18,21,27H,4,7,10,13H2,1-2H3/b22-20-. The van der Waals surface area contributed by atoms with Gasteiger partial charge in [-0.3, -0.25) is 9.59 Å². The highest BCUT2D eigenvalue weighted by molar-refractivity contribution is 6.46. The molecule has 156 valence electrons. The first-order valence-corrected chi connectivity index (χ1v) is 10.1. The number of carbonyl (C=O) groups is 2. The Hall–Kier alpha value is -2.99. The highest BCUT2D eigenvalue weighted by Crippen LogP contribution is 2.40. The molecule has 0 saturated carbocycles. The number of ether oxygens (including phenoxy) is 1. The van der Waals surface area contributed by atoms with Gasteiger partial charge in [0.1, 0.15) is 11.6 Å². The molecule has 2 aromatic carbocycles. The molecule has 2 atom stereocenters. The zero-order valence-electron chi connectivity index (χ0n) is 17.0. The fraction of sp³-hybridized carbons (Fsp3) is 0.333. The molecule has 2 aliphatic rings. The summed E-state index contributed by atoms with van der Waals surface area (Å²) in [6.07, 6.45) is 1.60. The van der Waals surface area contributed by atoms with E-state index >= 15 is 0 Å². The number of aliphatic hydroxyl groups excluding tert-OH is 1. The number of hydrogen-bond donors (Lipinski definition) is 1. The van der Waals surface area contributed by atoms with Crippen molar-refractivity contribution in [3.8, 4) is 0 Å². The molecule has 2 heterocycles. The lowest BCUT2D eigenvalue weighted by Gasteiger charge is -2.27. The molecule has 0 aliphatic carbocycles. The van der Waals surface area contributed by atoms with Crippen LogP contribution in [0.2, 0.25) is 0 Å². The fourth-order valence-electron chi connectivity index (χ4n) is 4.21. The quantitative estimate of drug-likeness (QED) is 0.470. The van der Waals surface area contributed by atoms with E-state index in [0.29, 0.717) is 17.7 Å². The van der Waals surface area contributed by atoms with E-state index in [4.69, 9.17) is 4.74 Å². The summed E-state index contributed by atoms with van der Waals surface area (Å²) < 4.78 is 19.4. The minimum Gasteiger partial charge on any atom is -0.507 e. The molecule has 0 aromatic heterocycles. The zero-order valence-corrected chi connectivity index (χ0v) is 17.0. The number of carbonyl (C=O) groups excluding carboxylic acids is 2. The first-order chi connectivity index (χ1) is 14.4. The third-order valence-corrected chi connectivity index (χ3v) is 5.75. The Kier molecular flexibility index (Phi) is 5.43. The molecule has 2 aliphatic heterocycles. The van der Waals surface area contributed by atoms with Gasteiger partial charge in [-0.15, -0.1) is 0 Å². The second-order valence-electron chi connectivity index (χ2n) is 7.96. The molecule has 2 fully saturated rings. The fourth-order valence-corrected chi connectivity index (χ4v) is 4.21. The molecule has 2 aromatic rings. The van der Waals surface area contributed by atoms with Gasteiger partial charge in [0.05, 0.1) is 17.7 Å². The third-order valence-electron chi connectivity index (χ3n) is 5.75. The van der Waals surface area contributed by atoms with Crippen LogP contribution in [-0.2, 0) is 14.3 Å². The molecule has 0 bridgehead atoms. The van der Waals surface area contributed by atoms with Gasteiger partial charge >= 0.3 is 0 Å². The molecule has 2 saturated heterocycles. The highest BCUT2D eigenvalue weighted by atomic mass is 19.1. The van der Waals surface area contributed by atoms with Gasteiger partial charge in [-0.1, -0.05) is 29.8 Å². The maximum absolute atomic E-state index is 13.7. The number of rotatable bonds is 4. The van der Waals surface area contributed by atoms with E-state index in [-0.39, 0.29) is 24.0 Å². The van der Waals surface area contributed by atoms with Crippen molar-refractivity contribution < 1.29 is 23.8 Å². The van der Waals surface area contributed by atoms with Crippen molar-refractivity contribution in [2.45, 2.75) is 38.8 Å². The third kappa shape index (κ3) is 3.63. The number of nitrogens with zero attached hydrogens (tertiary/aromatic N) is 1. The molecule has 4 rings (SSSR count). The molecule has 1 N–H and O–H groups in total. The predicted octanol–water partition coefficient (Wildman–Crippen LogP) is 4.04. The van der Waals surface area contributed by atoms with Crippen molar-refractivity contribution in [3.63, 3.8) is 0 Å². The smallest absolute Gasteiger partial charge is 0.295 e. The van der Waals surface area contributed by atoms with Gasteiger partial charge in [-0.25, -0.2) is 4.39 Å². The first kappa shape index (κ1) is 20.3. The maximum atomic E-state index is 13.7. The number of likely N-dealkylation sites (tertiary alicyclic amines) is 1. The van der Waals surface area contributed by atoms with Crippen molar-refractivity contribution in [3.05, 3.63) is 76.1 Å². The molecular weight excluding hydrogens is 385 g/mol. The average Bonchev–Trinajstić information content (AvgIpc) is 3.32. The lowest BCUT2D eigenvalue weighted by molar-refractivity contribution is -0.140. The van der Waals surface area contributed by atoms with Gasteiger partial charge < -0.3 is 14.7 Å². The van der Waals surface area contributed by atoms with E-state index in [9.17, 15) is 19.1 Å². The van der Waals surface area contributed by atoms with Gasteiger partial charge in [-0.2, -0.15) is 0 Å². The van der Waals surface area contributed by atoms with Crippen LogP contribution in [0.15, 0.2) is 48.0 Å². The molecule has 5 nitrogen and oxygen atoms in total. The Bertz CT molecular complexity index is 1040. The number of ketones is 1. The summed E-state index contributed by atoms with van der Waals surface area (Å²) in [5, 5.41) is 11.0. The van der Waals surface area contributed by atoms with Crippen LogP contribution in [0.5, 0.6) is 0 Å². The molecule has 30 heavy (non-hydrogen) atoms. The van der Waals surface area contributed by atoms with Gasteiger partial charge in [0.15, 0.2) is 0 Å². The lowest BCUT2D eigenvalue weighted by Crippen LogP contribution is -2.36. The zero-order chi connectivity index (χ0) is 21.4. The Morgan fingerprint density at radius 2 is 2.00 bits per heavy atom. The van der Waals surface area contributed by atoms with E-state index in [1.54, 1.807) is 6.92 Å². The molecular formula is C24H24FNO4. The van der Waals surface area contributed by atoms with Crippen molar-refractivity contribution in [1.82, 2.24) is 4.90 Å². The number of aryl methyl sites for hydroxylation is 2. The predicted molar refractivity (Wildman–Crippen MR) is 110 cm³/mol. The van der Waals surface area contributed by atoms with Crippen LogP contribution >= 0.6 is 0 Å². The summed E-state index contributed by atoms with van der Waals surface area (Å²) in [6, 6.07) is 11.0. The maximum Gasteiger partial charge on any atom is 0.295 e. The van der Waals surface area contributed by atoms with Crippen LogP contribution in [0.3, 0.4) is 0 Å². The van der Waals surface area contributed by atoms with E-state index in [0.717, 1.165) is 24.0 Å². The second-order valence-corrected chi connectivity index (χ2v) is 7.96. The van der Waals surface area contributed by atoms with Crippen LogP contribution in [0, 0.1) is 19.7 Å². The normalized spacial score (nSPS) is 23.4. The van der Waals surface area contributed by atoms with Crippen LogP contribution in [-0.4, -0.2) is 41.0 Å². The summed E-state index contributed by atoms with van der Waals surface area (Å²) in [6.45, 7) is 4.43. The number of aliphatic hydroxyl groups is 1. The molecule has 0 radical (unpaired) electrons. The Morgan fingerprint density at radius 1 is 1.20 bits per heavy atom. The Balaban J connectivity index is 1.84. The number of Topliss-reactive ketones (excluding diaryl/α,β-unsaturated/α-hetero) is 1. The Labute approximate surface area is 174 Å². The number of halogens is 1. The highest BCUT2D eigenvalue weighted by Gasteiger charge is 2.47. The average molecular weight is 409 g/mol. The van der Waals surface area contributed by atoms with Crippen LogP contribution in [0.1, 0.15) is 41.1 Å². The second kappa shape index (κ2) is 8.03. The SMILES string of the molecule is Cc1cccc(C2/C(=C(/O)c3ccc(F)c(C)c3)C(=O)C(=O)N2CC2CCCO2)c1. The molecule has 1 amide bonds.